The van der Waals surface area contributed by atoms with Gasteiger partial charge in [0.1, 0.15) is 0 Å². The molecule has 0 unspecified atom stereocenters. The lowest BCUT2D eigenvalue weighted by Gasteiger charge is -2.13. The van der Waals surface area contributed by atoms with Gasteiger partial charge in [0.15, 0.2) is 0 Å². The van der Waals surface area contributed by atoms with E-state index in [4.69, 9.17) is 9.51 Å². The normalized spacial score (nSPS) is 10.9. The third-order valence-corrected chi connectivity index (χ3v) is 6.42. The van der Waals surface area contributed by atoms with Crippen molar-refractivity contribution >= 4 is 34.3 Å². The predicted octanol–water partition coefficient (Wildman–Crippen LogP) is 6.28. The number of pyridine rings is 2. The van der Waals surface area contributed by atoms with Gasteiger partial charge in [-0.3, -0.25) is 19.9 Å². The van der Waals surface area contributed by atoms with Crippen molar-refractivity contribution in [3.8, 4) is 11.3 Å². The Labute approximate surface area is 220 Å². The summed E-state index contributed by atoms with van der Waals surface area (Å²) < 4.78 is 5.25. The van der Waals surface area contributed by atoms with Crippen molar-refractivity contribution in [3.63, 3.8) is 0 Å². The third-order valence-electron chi connectivity index (χ3n) is 6.42. The zero-order chi connectivity index (χ0) is 26.8. The Hall–Kier alpha value is -4.85. The molecule has 190 valence electrons. The van der Waals surface area contributed by atoms with Gasteiger partial charge in [-0.2, -0.15) is 0 Å². The van der Waals surface area contributed by atoms with E-state index in [1.807, 2.05) is 45.9 Å². The Morgan fingerprint density at radius 1 is 0.947 bits per heavy atom. The van der Waals surface area contributed by atoms with Crippen molar-refractivity contribution in [2.24, 2.45) is 0 Å². The Kier molecular flexibility index (Phi) is 6.70. The number of carbonyl (C=O) groups is 2. The third kappa shape index (κ3) is 4.88. The molecule has 0 spiro atoms. The Balaban J connectivity index is 1.42. The summed E-state index contributed by atoms with van der Waals surface area (Å²) in [5.74, 6) is -0.234. The van der Waals surface area contributed by atoms with Crippen molar-refractivity contribution < 1.29 is 14.1 Å². The predicted molar refractivity (Wildman–Crippen MR) is 147 cm³/mol. The lowest BCUT2D eigenvalue weighted by atomic mass is 9.99. The Morgan fingerprint density at radius 3 is 2.45 bits per heavy atom. The molecule has 5 rings (SSSR count). The van der Waals surface area contributed by atoms with Crippen LogP contribution in [-0.2, 0) is 6.42 Å². The summed E-state index contributed by atoms with van der Waals surface area (Å²) >= 11 is 0. The number of nitrogens with one attached hydrogen (secondary N) is 2. The van der Waals surface area contributed by atoms with Crippen molar-refractivity contribution in [2.75, 3.05) is 10.6 Å². The summed E-state index contributed by atoms with van der Waals surface area (Å²) in [5, 5.41) is 10.4. The maximum absolute atomic E-state index is 13.5. The summed E-state index contributed by atoms with van der Waals surface area (Å²) in [6.07, 6.45) is 4.12. The number of fused-ring (bicyclic) bond motifs is 1. The fraction of sp³-hybridized carbons (Fsp3) is 0.167. The van der Waals surface area contributed by atoms with Gasteiger partial charge in [0.25, 0.3) is 11.8 Å². The lowest BCUT2D eigenvalue weighted by Crippen LogP contribution is -2.15. The SMILES string of the molecule is CCc1c(C)noc1NC(=O)c1ccc(NC(=O)c2cc(-c3cccnc3)nc3c(C)cc(C)cc23)cc1. The zero-order valence-corrected chi connectivity index (χ0v) is 21.6. The van der Waals surface area contributed by atoms with Crippen molar-refractivity contribution in [2.45, 2.75) is 34.1 Å². The molecule has 5 aromatic rings. The maximum atomic E-state index is 13.5. The highest BCUT2D eigenvalue weighted by molar-refractivity contribution is 6.13. The molecule has 0 saturated carbocycles. The smallest absolute Gasteiger partial charge is 0.258 e. The summed E-state index contributed by atoms with van der Waals surface area (Å²) in [6.45, 7) is 7.80. The number of amides is 2. The fourth-order valence-corrected chi connectivity index (χ4v) is 4.51. The number of anilines is 2. The average molecular weight is 506 g/mol. The van der Waals surface area contributed by atoms with Gasteiger partial charge in [-0.15, -0.1) is 0 Å². The van der Waals surface area contributed by atoms with E-state index in [1.54, 1.807) is 42.7 Å². The molecule has 0 aliphatic rings. The Morgan fingerprint density at radius 2 is 1.74 bits per heavy atom. The first-order valence-corrected chi connectivity index (χ1v) is 12.3. The molecule has 8 heteroatoms. The molecule has 2 N–H and O–H groups in total. The van der Waals surface area contributed by atoms with E-state index in [2.05, 4.69) is 26.8 Å². The van der Waals surface area contributed by atoms with Crippen LogP contribution >= 0.6 is 0 Å². The summed E-state index contributed by atoms with van der Waals surface area (Å²) in [6, 6.07) is 16.3. The minimum Gasteiger partial charge on any atom is -0.338 e. The number of hydrogen-bond donors (Lipinski definition) is 2. The van der Waals surface area contributed by atoms with E-state index < -0.39 is 0 Å². The number of hydrogen-bond acceptors (Lipinski definition) is 6. The van der Waals surface area contributed by atoms with Gasteiger partial charge in [-0.1, -0.05) is 23.7 Å². The van der Waals surface area contributed by atoms with Crippen LogP contribution in [0.1, 0.15) is 50.0 Å². The van der Waals surface area contributed by atoms with Gasteiger partial charge in [0.2, 0.25) is 5.88 Å². The van der Waals surface area contributed by atoms with Gasteiger partial charge in [-0.05, 0) is 81.3 Å². The fourth-order valence-electron chi connectivity index (χ4n) is 4.51. The molecule has 2 amide bonds. The van der Waals surface area contributed by atoms with E-state index in [9.17, 15) is 9.59 Å². The summed E-state index contributed by atoms with van der Waals surface area (Å²) in [4.78, 5) is 35.3. The first-order valence-electron chi connectivity index (χ1n) is 12.3. The first-order chi connectivity index (χ1) is 18.3. The van der Waals surface area contributed by atoms with Crippen LogP contribution in [0.5, 0.6) is 0 Å². The molecule has 3 heterocycles. The number of carbonyl (C=O) groups excluding carboxylic acids is 2. The van der Waals surface area contributed by atoms with E-state index in [1.165, 1.54) is 0 Å². The van der Waals surface area contributed by atoms with E-state index in [0.29, 0.717) is 34.8 Å². The van der Waals surface area contributed by atoms with E-state index in [-0.39, 0.29) is 11.8 Å². The zero-order valence-electron chi connectivity index (χ0n) is 21.6. The monoisotopic (exact) mass is 505 g/mol. The van der Waals surface area contributed by atoms with Crippen LogP contribution in [0.15, 0.2) is 71.5 Å². The van der Waals surface area contributed by atoms with E-state index >= 15 is 0 Å². The number of nitrogens with zero attached hydrogens (tertiary/aromatic N) is 3. The van der Waals surface area contributed by atoms with Gasteiger partial charge in [0.05, 0.1) is 22.5 Å². The number of aromatic nitrogens is 3. The molecule has 0 saturated heterocycles. The van der Waals surface area contributed by atoms with Crippen LogP contribution in [0.3, 0.4) is 0 Å². The molecular weight excluding hydrogens is 478 g/mol. The Bertz CT molecular complexity index is 1660. The highest BCUT2D eigenvalue weighted by Gasteiger charge is 2.18. The maximum Gasteiger partial charge on any atom is 0.258 e. The number of benzene rings is 2. The summed E-state index contributed by atoms with van der Waals surface area (Å²) in [5.41, 5.74) is 7.41. The first kappa shape index (κ1) is 24.8. The van der Waals surface area contributed by atoms with Crippen molar-refractivity contribution in [3.05, 3.63) is 101 Å². The molecule has 0 aliphatic heterocycles. The minimum absolute atomic E-state index is 0.269. The molecule has 2 aromatic carbocycles. The lowest BCUT2D eigenvalue weighted by molar-refractivity contribution is 0.101. The molecular formula is C30H27N5O3. The molecule has 0 aliphatic carbocycles. The summed E-state index contributed by atoms with van der Waals surface area (Å²) in [7, 11) is 0. The minimum atomic E-state index is -0.319. The quantitative estimate of drug-likeness (QED) is 0.281. The van der Waals surface area contributed by atoms with Crippen LogP contribution in [0.25, 0.3) is 22.2 Å². The standard InChI is InChI=1S/C30H27N5O3/c1-5-23-19(4)35-38-30(23)34-28(36)20-8-10-22(11-9-20)32-29(37)25-15-26(21-7-6-12-31-16-21)33-27-18(3)13-17(2)14-24(25)27/h6-16H,5H2,1-4H3,(H,32,37)(H,34,36). The van der Waals surface area contributed by atoms with Gasteiger partial charge in [-0.25, -0.2) is 4.98 Å². The van der Waals surface area contributed by atoms with Gasteiger partial charge < -0.3 is 9.84 Å². The second kappa shape index (κ2) is 10.3. The number of aryl methyl sites for hydroxylation is 3. The average Bonchev–Trinajstić information content (AvgIpc) is 3.27. The molecule has 0 fully saturated rings. The molecule has 8 nitrogen and oxygen atoms in total. The van der Waals surface area contributed by atoms with Crippen molar-refractivity contribution in [1.82, 2.24) is 15.1 Å². The molecule has 38 heavy (non-hydrogen) atoms. The second-order valence-corrected chi connectivity index (χ2v) is 9.19. The van der Waals surface area contributed by atoms with E-state index in [0.717, 1.165) is 38.9 Å². The van der Waals surface area contributed by atoms with Crippen LogP contribution in [-0.4, -0.2) is 26.9 Å². The molecule has 3 aromatic heterocycles. The topological polar surface area (TPSA) is 110 Å². The highest BCUT2D eigenvalue weighted by atomic mass is 16.5. The molecule has 0 bridgehead atoms. The van der Waals surface area contributed by atoms with Crippen LogP contribution in [0.2, 0.25) is 0 Å². The van der Waals surface area contributed by atoms with Crippen LogP contribution < -0.4 is 10.6 Å². The largest absolute Gasteiger partial charge is 0.338 e. The van der Waals surface area contributed by atoms with Crippen molar-refractivity contribution in [1.29, 1.82) is 0 Å². The number of rotatable bonds is 6. The molecule has 0 radical (unpaired) electrons. The highest BCUT2D eigenvalue weighted by Crippen LogP contribution is 2.28. The van der Waals surface area contributed by atoms with Gasteiger partial charge in [0, 0.05) is 40.2 Å². The van der Waals surface area contributed by atoms with Gasteiger partial charge >= 0.3 is 0 Å². The molecule has 0 atom stereocenters. The van der Waals surface area contributed by atoms with Crippen LogP contribution in [0.4, 0.5) is 11.6 Å². The van der Waals surface area contributed by atoms with Crippen LogP contribution in [0, 0.1) is 20.8 Å². The second-order valence-electron chi connectivity index (χ2n) is 9.19.